The minimum absolute atomic E-state index is 0.187. The van der Waals surface area contributed by atoms with Gasteiger partial charge in [-0.15, -0.1) is 11.8 Å². The van der Waals surface area contributed by atoms with Gasteiger partial charge in [-0.1, -0.05) is 0 Å². The summed E-state index contributed by atoms with van der Waals surface area (Å²) < 4.78 is 38.4. The van der Waals surface area contributed by atoms with Gasteiger partial charge >= 0.3 is 6.18 Å². The predicted octanol–water partition coefficient (Wildman–Crippen LogP) is 3.15. The van der Waals surface area contributed by atoms with Gasteiger partial charge in [-0.05, 0) is 25.1 Å². The minimum atomic E-state index is -4.59. The number of halogens is 3. The maximum atomic E-state index is 12.8. The Balaban J connectivity index is 3.05. The van der Waals surface area contributed by atoms with Crippen LogP contribution in [0.3, 0.4) is 0 Å². The number of rotatable bonds is 3. The number of carbonyl (C=O) groups excluding carboxylic acids is 1. The van der Waals surface area contributed by atoms with Gasteiger partial charge in [-0.3, -0.25) is 4.79 Å². The molecule has 0 aromatic heterocycles. The third kappa shape index (κ3) is 3.90. The Hall–Kier alpha value is -1.68. The first-order valence-electron chi connectivity index (χ1n) is 5.66. The normalized spacial score (nSPS) is 12.7. The summed E-state index contributed by atoms with van der Waals surface area (Å²) in [5.41, 5.74) is -1.40. The third-order valence-electron chi connectivity index (χ3n) is 2.52. The van der Waals surface area contributed by atoms with Crippen molar-refractivity contribution in [1.82, 2.24) is 4.90 Å². The van der Waals surface area contributed by atoms with Crippen LogP contribution in [0.15, 0.2) is 23.1 Å². The Morgan fingerprint density at radius 1 is 1.40 bits per heavy atom. The zero-order chi connectivity index (χ0) is 15.5. The van der Waals surface area contributed by atoms with Crippen molar-refractivity contribution in [1.29, 1.82) is 5.26 Å². The van der Waals surface area contributed by atoms with Crippen LogP contribution < -0.4 is 0 Å². The van der Waals surface area contributed by atoms with Crippen LogP contribution in [0, 0.1) is 11.3 Å². The molecule has 0 N–H and O–H groups in total. The first kappa shape index (κ1) is 16.4. The SMILES string of the molecule is CC(Sc1ccc(C#N)c(C(F)(F)F)c1)C(=O)N(C)C. The highest BCUT2D eigenvalue weighted by molar-refractivity contribution is 8.00. The maximum Gasteiger partial charge on any atom is 0.417 e. The van der Waals surface area contributed by atoms with Gasteiger partial charge in [0, 0.05) is 19.0 Å². The zero-order valence-electron chi connectivity index (χ0n) is 11.2. The number of nitriles is 1. The summed E-state index contributed by atoms with van der Waals surface area (Å²) in [5, 5.41) is 8.20. The highest BCUT2D eigenvalue weighted by Gasteiger charge is 2.34. The highest BCUT2D eigenvalue weighted by atomic mass is 32.2. The van der Waals surface area contributed by atoms with E-state index in [1.807, 2.05) is 0 Å². The summed E-state index contributed by atoms with van der Waals surface area (Å²) in [6.07, 6.45) is -4.59. The number of hydrogen-bond donors (Lipinski definition) is 0. The molecule has 0 radical (unpaired) electrons. The molecule has 1 aromatic rings. The quantitative estimate of drug-likeness (QED) is 0.806. The first-order chi connectivity index (χ1) is 9.16. The van der Waals surface area contributed by atoms with Crippen LogP contribution in [0.5, 0.6) is 0 Å². The molecule has 1 unspecified atom stereocenters. The van der Waals surface area contributed by atoms with Gasteiger partial charge in [0.1, 0.15) is 0 Å². The average molecular weight is 302 g/mol. The van der Waals surface area contributed by atoms with Crippen LogP contribution in [0.25, 0.3) is 0 Å². The summed E-state index contributed by atoms with van der Waals surface area (Å²) in [6, 6.07) is 4.96. The van der Waals surface area contributed by atoms with Crippen molar-refractivity contribution >= 4 is 17.7 Å². The van der Waals surface area contributed by atoms with Crippen LogP contribution in [-0.4, -0.2) is 30.2 Å². The topological polar surface area (TPSA) is 44.1 Å². The van der Waals surface area contributed by atoms with E-state index >= 15 is 0 Å². The number of thioether (sulfide) groups is 1. The van der Waals surface area contributed by atoms with Gasteiger partial charge in [0.15, 0.2) is 0 Å². The monoisotopic (exact) mass is 302 g/mol. The summed E-state index contributed by atoms with van der Waals surface area (Å²) >= 11 is 1.03. The van der Waals surface area contributed by atoms with E-state index < -0.39 is 22.6 Å². The zero-order valence-corrected chi connectivity index (χ0v) is 12.0. The van der Waals surface area contributed by atoms with Crippen molar-refractivity contribution in [2.45, 2.75) is 23.2 Å². The molecule has 1 amide bonds. The van der Waals surface area contributed by atoms with E-state index in [1.165, 1.54) is 17.0 Å². The maximum absolute atomic E-state index is 12.8. The molecule has 0 heterocycles. The molecule has 0 aliphatic heterocycles. The third-order valence-corrected chi connectivity index (χ3v) is 3.60. The summed E-state index contributed by atoms with van der Waals surface area (Å²) in [7, 11) is 3.17. The molecule has 20 heavy (non-hydrogen) atoms. The molecule has 3 nitrogen and oxygen atoms in total. The van der Waals surface area contributed by atoms with E-state index in [2.05, 4.69) is 0 Å². The van der Waals surface area contributed by atoms with Crippen molar-refractivity contribution in [3.05, 3.63) is 29.3 Å². The van der Waals surface area contributed by atoms with Crippen LogP contribution in [-0.2, 0) is 11.0 Å². The average Bonchev–Trinajstić information content (AvgIpc) is 2.36. The minimum Gasteiger partial charge on any atom is -0.348 e. The summed E-state index contributed by atoms with van der Waals surface area (Å²) in [5.74, 6) is -0.187. The fourth-order valence-corrected chi connectivity index (χ4v) is 2.60. The Kier molecular flexibility index (Phi) is 5.06. The number of hydrogen-bond acceptors (Lipinski definition) is 3. The largest absolute Gasteiger partial charge is 0.417 e. The van der Waals surface area contributed by atoms with Gasteiger partial charge in [-0.2, -0.15) is 18.4 Å². The van der Waals surface area contributed by atoms with Crippen molar-refractivity contribution in [3.8, 4) is 6.07 Å². The highest BCUT2D eigenvalue weighted by Crippen LogP contribution is 2.35. The fourth-order valence-electron chi connectivity index (χ4n) is 1.55. The molecule has 0 aliphatic rings. The second-order valence-electron chi connectivity index (χ2n) is 4.31. The first-order valence-corrected chi connectivity index (χ1v) is 6.54. The Labute approximate surface area is 119 Å². The van der Waals surface area contributed by atoms with Gasteiger partial charge in [-0.25, -0.2) is 0 Å². The number of carbonyl (C=O) groups is 1. The molecule has 0 bridgehead atoms. The van der Waals surface area contributed by atoms with Gasteiger partial charge in [0.25, 0.3) is 0 Å². The van der Waals surface area contributed by atoms with E-state index in [0.717, 1.165) is 23.9 Å². The lowest BCUT2D eigenvalue weighted by Crippen LogP contribution is -2.29. The molecular weight excluding hydrogens is 289 g/mol. The number of alkyl halides is 3. The molecule has 108 valence electrons. The molecule has 0 fully saturated rings. The molecule has 7 heteroatoms. The van der Waals surface area contributed by atoms with E-state index in [1.54, 1.807) is 21.0 Å². The standard InChI is InChI=1S/C13H13F3N2OS/c1-8(12(19)18(2)3)20-10-5-4-9(7-17)11(6-10)13(14,15)16/h4-6,8H,1-3H3. The van der Waals surface area contributed by atoms with Crippen LogP contribution in [0.4, 0.5) is 13.2 Å². The van der Waals surface area contributed by atoms with Crippen LogP contribution in [0.1, 0.15) is 18.1 Å². The van der Waals surface area contributed by atoms with Crippen molar-refractivity contribution < 1.29 is 18.0 Å². The van der Waals surface area contributed by atoms with E-state index in [9.17, 15) is 18.0 Å². The number of nitrogens with zero attached hydrogens (tertiary/aromatic N) is 2. The molecule has 0 aliphatic carbocycles. The Morgan fingerprint density at radius 3 is 2.45 bits per heavy atom. The molecule has 0 saturated heterocycles. The number of benzene rings is 1. The van der Waals surface area contributed by atoms with Crippen molar-refractivity contribution in [2.75, 3.05) is 14.1 Å². The molecule has 0 spiro atoms. The van der Waals surface area contributed by atoms with Gasteiger partial charge in [0.2, 0.25) is 5.91 Å². The lowest BCUT2D eigenvalue weighted by Gasteiger charge is -2.17. The Bertz CT molecular complexity index is 550. The smallest absolute Gasteiger partial charge is 0.348 e. The lowest BCUT2D eigenvalue weighted by molar-refractivity contribution is -0.138. The Morgan fingerprint density at radius 2 is 2.00 bits per heavy atom. The molecular formula is C13H13F3N2OS. The second-order valence-corrected chi connectivity index (χ2v) is 5.72. The van der Waals surface area contributed by atoms with Gasteiger partial charge < -0.3 is 4.90 Å². The second kappa shape index (κ2) is 6.18. The molecule has 1 rings (SSSR count). The fraction of sp³-hybridized carbons (Fsp3) is 0.385. The summed E-state index contributed by atoms with van der Waals surface area (Å²) in [4.78, 5) is 13.4. The molecule has 1 aromatic carbocycles. The van der Waals surface area contributed by atoms with Gasteiger partial charge in [0.05, 0.1) is 22.4 Å². The number of amides is 1. The summed E-state index contributed by atoms with van der Waals surface area (Å²) in [6.45, 7) is 1.62. The van der Waals surface area contributed by atoms with Crippen LogP contribution >= 0.6 is 11.8 Å². The molecule has 1 atom stereocenters. The van der Waals surface area contributed by atoms with Crippen LogP contribution in [0.2, 0.25) is 0 Å². The van der Waals surface area contributed by atoms with E-state index in [0.29, 0.717) is 4.90 Å². The lowest BCUT2D eigenvalue weighted by atomic mass is 10.1. The van der Waals surface area contributed by atoms with E-state index in [4.69, 9.17) is 5.26 Å². The van der Waals surface area contributed by atoms with E-state index in [-0.39, 0.29) is 5.91 Å². The predicted molar refractivity (Wildman–Crippen MR) is 70.2 cm³/mol. The van der Waals surface area contributed by atoms with Crippen molar-refractivity contribution in [2.24, 2.45) is 0 Å². The molecule has 0 saturated carbocycles. The van der Waals surface area contributed by atoms with Crippen molar-refractivity contribution in [3.63, 3.8) is 0 Å².